The second kappa shape index (κ2) is 8.14. The largest absolute Gasteiger partial charge is 0.508 e. The van der Waals surface area contributed by atoms with Crippen LogP contribution in [0, 0.1) is 6.92 Å². The van der Waals surface area contributed by atoms with Gasteiger partial charge in [0.05, 0.1) is 11.1 Å². The molecule has 0 saturated heterocycles. The number of aromatic hydroxyl groups is 1. The topological polar surface area (TPSA) is 66.8 Å². The molecule has 0 heterocycles. The molecule has 2 aromatic rings. The Kier molecular flexibility index (Phi) is 6.25. The first-order chi connectivity index (χ1) is 13.3. The Hall–Kier alpha value is -3.03. The number of halogens is 3. The van der Waals surface area contributed by atoms with E-state index in [0.29, 0.717) is 0 Å². The number of esters is 1. The molecule has 0 atom stereocenters. The molecule has 0 saturated carbocycles. The van der Waals surface area contributed by atoms with Gasteiger partial charge in [0.2, 0.25) is 0 Å². The van der Waals surface area contributed by atoms with Gasteiger partial charge in [0.25, 0.3) is 5.91 Å². The third kappa shape index (κ3) is 5.73. The van der Waals surface area contributed by atoms with Crippen molar-refractivity contribution in [1.29, 1.82) is 0 Å². The fourth-order valence-corrected chi connectivity index (χ4v) is 2.77. The van der Waals surface area contributed by atoms with Crippen molar-refractivity contribution in [3.63, 3.8) is 0 Å². The molecular formula is C21H22F3NO4. The Balaban J connectivity index is 2.55. The Bertz CT molecular complexity index is 917. The van der Waals surface area contributed by atoms with Crippen LogP contribution in [0.4, 0.5) is 18.9 Å². The lowest BCUT2D eigenvalue weighted by Gasteiger charge is -2.27. The number of ether oxygens (including phenoxy) is 1. The molecule has 1 N–H and O–H groups in total. The van der Waals surface area contributed by atoms with Crippen molar-refractivity contribution >= 4 is 17.6 Å². The summed E-state index contributed by atoms with van der Waals surface area (Å²) in [6.07, 6.45) is -4.76. The van der Waals surface area contributed by atoms with E-state index in [1.165, 1.54) is 43.3 Å². The fourth-order valence-electron chi connectivity index (χ4n) is 2.77. The zero-order valence-corrected chi connectivity index (χ0v) is 16.5. The van der Waals surface area contributed by atoms with Crippen LogP contribution in [0.1, 0.15) is 42.3 Å². The van der Waals surface area contributed by atoms with Gasteiger partial charge < -0.3 is 9.84 Å². The third-order valence-electron chi connectivity index (χ3n) is 3.89. The van der Waals surface area contributed by atoms with Crippen LogP contribution < -0.4 is 4.90 Å². The summed E-state index contributed by atoms with van der Waals surface area (Å²) in [7, 11) is 0. The second-order valence-electron chi connectivity index (χ2n) is 7.49. The molecule has 0 aliphatic heterocycles. The number of amides is 1. The number of carbonyl (C=O) groups is 2. The van der Waals surface area contributed by atoms with Crippen molar-refractivity contribution in [3.05, 3.63) is 59.2 Å². The summed E-state index contributed by atoms with van der Waals surface area (Å²) in [6.45, 7) is 5.67. The van der Waals surface area contributed by atoms with Crippen LogP contribution in [0.25, 0.3) is 0 Å². The fraction of sp³-hybridized carbons (Fsp3) is 0.333. The Morgan fingerprint density at radius 3 is 2.24 bits per heavy atom. The standard InChI is InChI=1S/C21H22F3NO4/c1-13-7-5-10-16(21(22,23)24)18(13)19(28)25(12-17(27)29-20(2,3)4)14-8-6-9-15(26)11-14/h5-11,26H,12H2,1-4H3. The Labute approximate surface area is 166 Å². The van der Waals surface area contributed by atoms with Gasteiger partial charge in [-0.05, 0) is 51.5 Å². The van der Waals surface area contributed by atoms with Crippen LogP contribution in [-0.2, 0) is 15.7 Å². The van der Waals surface area contributed by atoms with Crippen molar-refractivity contribution in [1.82, 2.24) is 0 Å². The van der Waals surface area contributed by atoms with Gasteiger partial charge in [-0.2, -0.15) is 13.2 Å². The molecule has 0 unspecified atom stereocenters. The predicted octanol–water partition coefficient (Wildman–Crippen LogP) is 4.71. The molecule has 0 aliphatic carbocycles. The Morgan fingerprint density at radius 2 is 1.69 bits per heavy atom. The minimum atomic E-state index is -4.76. The quantitative estimate of drug-likeness (QED) is 0.743. The minimum absolute atomic E-state index is 0.0669. The van der Waals surface area contributed by atoms with E-state index in [4.69, 9.17) is 4.74 Å². The van der Waals surface area contributed by atoms with Crippen molar-refractivity contribution in [2.45, 2.75) is 39.5 Å². The minimum Gasteiger partial charge on any atom is -0.508 e. The molecule has 0 aromatic heterocycles. The van der Waals surface area contributed by atoms with Gasteiger partial charge in [-0.1, -0.05) is 18.2 Å². The maximum Gasteiger partial charge on any atom is 0.417 e. The summed E-state index contributed by atoms with van der Waals surface area (Å²) in [4.78, 5) is 26.4. The maximum atomic E-state index is 13.5. The highest BCUT2D eigenvalue weighted by Gasteiger charge is 2.37. The van der Waals surface area contributed by atoms with E-state index in [1.807, 2.05) is 0 Å². The molecule has 156 valence electrons. The molecule has 2 rings (SSSR count). The molecule has 5 nitrogen and oxygen atoms in total. The van der Waals surface area contributed by atoms with Gasteiger partial charge in [0.15, 0.2) is 0 Å². The molecule has 2 aromatic carbocycles. The molecule has 8 heteroatoms. The molecular weight excluding hydrogens is 387 g/mol. The summed E-state index contributed by atoms with van der Waals surface area (Å²) in [5.74, 6) is -2.02. The van der Waals surface area contributed by atoms with E-state index in [2.05, 4.69) is 0 Å². The summed E-state index contributed by atoms with van der Waals surface area (Å²) in [6, 6.07) is 8.77. The van der Waals surface area contributed by atoms with Gasteiger partial charge in [0.1, 0.15) is 17.9 Å². The summed E-state index contributed by atoms with van der Waals surface area (Å²) >= 11 is 0. The molecule has 0 aliphatic rings. The van der Waals surface area contributed by atoms with Gasteiger partial charge in [0, 0.05) is 11.8 Å². The van der Waals surface area contributed by atoms with Gasteiger partial charge >= 0.3 is 12.1 Å². The number of hydrogen-bond donors (Lipinski definition) is 1. The van der Waals surface area contributed by atoms with Crippen LogP contribution >= 0.6 is 0 Å². The molecule has 29 heavy (non-hydrogen) atoms. The van der Waals surface area contributed by atoms with Crippen molar-refractivity contribution in [3.8, 4) is 5.75 Å². The number of alkyl halides is 3. The van der Waals surface area contributed by atoms with Crippen molar-refractivity contribution in [2.24, 2.45) is 0 Å². The lowest BCUT2D eigenvalue weighted by molar-refractivity contribution is -0.152. The maximum absolute atomic E-state index is 13.5. The number of nitrogens with zero attached hydrogens (tertiary/aromatic N) is 1. The number of benzene rings is 2. The van der Waals surface area contributed by atoms with E-state index in [1.54, 1.807) is 20.8 Å². The lowest BCUT2D eigenvalue weighted by Crippen LogP contribution is -2.40. The number of hydrogen-bond acceptors (Lipinski definition) is 4. The zero-order chi connectivity index (χ0) is 22.0. The zero-order valence-electron chi connectivity index (χ0n) is 16.5. The summed E-state index contributed by atoms with van der Waals surface area (Å²) in [5, 5.41) is 9.74. The number of rotatable bonds is 4. The van der Waals surface area contributed by atoms with E-state index in [0.717, 1.165) is 11.0 Å². The van der Waals surface area contributed by atoms with E-state index < -0.39 is 41.3 Å². The molecule has 1 amide bonds. The highest BCUT2D eigenvalue weighted by molar-refractivity contribution is 6.10. The third-order valence-corrected chi connectivity index (χ3v) is 3.89. The van der Waals surface area contributed by atoms with Gasteiger partial charge in [-0.3, -0.25) is 14.5 Å². The smallest absolute Gasteiger partial charge is 0.417 e. The summed E-state index contributed by atoms with van der Waals surface area (Å²) in [5.41, 5.74) is -2.33. The monoisotopic (exact) mass is 409 g/mol. The van der Waals surface area contributed by atoms with Crippen LogP contribution in [-0.4, -0.2) is 29.1 Å². The number of phenolic OH excluding ortho intramolecular Hbond substituents is 1. The second-order valence-corrected chi connectivity index (χ2v) is 7.49. The molecule has 0 bridgehead atoms. The van der Waals surface area contributed by atoms with Crippen LogP contribution in [0.15, 0.2) is 42.5 Å². The summed E-state index contributed by atoms with van der Waals surface area (Å²) < 4.78 is 45.7. The first-order valence-electron chi connectivity index (χ1n) is 8.79. The van der Waals surface area contributed by atoms with Crippen LogP contribution in [0.3, 0.4) is 0 Å². The van der Waals surface area contributed by atoms with E-state index in [9.17, 15) is 27.9 Å². The van der Waals surface area contributed by atoms with E-state index >= 15 is 0 Å². The number of phenols is 1. The van der Waals surface area contributed by atoms with E-state index in [-0.39, 0.29) is 17.0 Å². The van der Waals surface area contributed by atoms with Crippen molar-refractivity contribution < 1.29 is 32.6 Å². The van der Waals surface area contributed by atoms with Crippen molar-refractivity contribution in [2.75, 3.05) is 11.4 Å². The average Bonchev–Trinajstić information content (AvgIpc) is 2.56. The molecule has 0 spiro atoms. The normalized spacial score (nSPS) is 11.8. The van der Waals surface area contributed by atoms with Gasteiger partial charge in [-0.25, -0.2) is 0 Å². The SMILES string of the molecule is Cc1cccc(C(F)(F)F)c1C(=O)N(CC(=O)OC(C)(C)C)c1cccc(O)c1. The highest BCUT2D eigenvalue weighted by Crippen LogP contribution is 2.35. The predicted molar refractivity (Wildman–Crippen MR) is 102 cm³/mol. The number of anilines is 1. The number of carbonyl (C=O) groups excluding carboxylic acids is 2. The average molecular weight is 409 g/mol. The first-order valence-corrected chi connectivity index (χ1v) is 8.79. The molecule has 0 fully saturated rings. The Morgan fingerprint density at radius 1 is 1.07 bits per heavy atom. The first kappa shape index (κ1) is 22.3. The molecule has 0 radical (unpaired) electrons. The highest BCUT2D eigenvalue weighted by atomic mass is 19.4. The van der Waals surface area contributed by atoms with Gasteiger partial charge in [-0.15, -0.1) is 0 Å². The van der Waals surface area contributed by atoms with Crippen LogP contribution in [0.2, 0.25) is 0 Å². The van der Waals surface area contributed by atoms with Crippen LogP contribution in [0.5, 0.6) is 5.75 Å². The number of aryl methyl sites for hydroxylation is 1. The lowest BCUT2D eigenvalue weighted by atomic mass is 9.99.